The number of esters is 1. The number of aliphatic carboxylic acids is 1. The topological polar surface area (TPSA) is 435 Å². The minimum Gasteiger partial charge on any atom is -0.480 e. The van der Waals surface area contributed by atoms with E-state index < -0.39 is 175 Å². The summed E-state index contributed by atoms with van der Waals surface area (Å²) in [5, 5.41) is 51.9. The highest BCUT2D eigenvalue weighted by Crippen LogP contribution is 2.37. The first-order chi connectivity index (χ1) is 41.4. The highest BCUT2D eigenvalue weighted by atomic mass is 16.5. The van der Waals surface area contributed by atoms with Crippen molar-refractivity contribution in [2.24, 2.45) is 11.7 Å². The molecule has 87 heavy (non-hydrogen) atoms. The van der Waals surface area contributed by atoms with E-state index in [9.17, 15) is 63.3 Å². The van der Waals surface area contributed by atoms with Gasteiger partial charge >= 0.3 is 11.9 Å². The van der Waals surface area contributed by atoms with E-state index in [1.165, 1.54) is 23.6 Å². The van der Waals surface area contributed by atoms with E-state index in [4.69, 9.17) is 10.5 Å². The van der Waals surface area contributed by atoms with Gasteiger partial charge in [-0.3, -0.25) is 52.7 Å². The number of benzene rings is 2. The molecule has 29 nitrogen and oxygen atoms in total. The molecule has 2 bridgehead atoms. The molecule has 4 saturated heterocycles. The molecule has 0 aliphatic carbocycles. The van der Waals surface area contributed by atoms with Crippen molar-refractivity contribution in [1.29, 1.82) is 0 Å². The van der Waals surface area contributed by atoms with Gasteiger partial charge in [0.05, 0.1) is 25.7 Å². The Labute approximate surface area is 498 Å². The third kappa shape index (κ3) is 14.5. The fourth-order valence-corrected chi connectivity index (χ4v) is 11.9. The first-order valence-corrected chi connectivity index (χ1v) is 29.0. The minimum absolute atomic E-state index is 0.0376. The number of rotatable bonds is 12. The summed E-state index contributed by atoms with van der Waals surface area (Å²) in [6, 6.07) is -1.44. The number of fused-ring (bicyclic) bond motifs is 4. The molecule has 4 aromatic rings. The molecule has 2 aromatic heterocycles. The number of carboxylic acid groups (broad SMARTS) is 1. The first kappa shape index (κ1) is 64.0. The van der Waals surface area contributed by atoms with Crippen LogP contribution in [0.4, 0.5) is 0 Å². The third-order valence-corrected chi connectivity index (χ3v) is 16.8. The molecule has 8 rings (SSSR count). The number of piperidine rings is 1. The summed E-state index contributed by atoms with van der Waals surface area (Å²) < 4.78 is 5.86. The Morgan fingerprint density at radius 3 is 2.10 bits per heavy atom. The molecule has 10 amide bonds. The van der Waals surface area contributed by atoms with E-state index in [1.807, 2.05) is 55.5 Å². The molecule has 29 heteroatoms. The van der Waals surface area contributed by atoms with E-state index in [-0.39, 0.29) is 38.1 Å². The number of hydrogen-bond donors (Lipinski definition) is 14. The summed E-state index contributed by atoms with van der Waals surface area (Å²) in [6.45, 7) is 5.38. The van der Waals surface area contributed by atoms with Crippen molar-refractivity contribution < 1.29 is 77.6 Å². The lowest BCUT2D eigenvalue weighted by atomic mass is 9.87. The SMILES string of the molecule is CC1NC(=O)C(C(C)O)NC(=O)C(NC(=O)C(CO)NC(=O)CC(N)C(=O)O)C(C)OC(=O)C2CCC3C(C)CC(NC(=O)C(C(C)c4c[nH]c5ccccc45)NC(=O)C(Cc4c[nH]c5ccccc45)NC(=O)C4CCCN4C(=O)CNC1=O)C(=O)N23. The zero-order chi connectivity index (χ0) is 63.1. The summed E-state index contributed by atoms with van der Waals surface area (Å²) in [5.74, 6) is -13.2. The van der Waals surface area contributed by atoms with Gasteiger partial charge in [0.2, 0.25) is 59.1 Å². The Kier molecular flexibility index (Phi) is 20.3. The van der Waals surface area contributed by atoms with E-state index in [0.29, 0.717) is 24.0 Å². The summed E-state index contributed by atoms with van der Waals surface area (Å²) >= 11 is 0. The molecular formula is C58H75N13O16. The fraction of sp³-hybridized carbons (Fsp3) is 0.517. The van der Waals surface area contributed by atoms with Crippen LogP contribution in [0.5, 0.6) is 0 Å². The van der Waals surface area contributed by atoms with Crippen LogP contribution in [0.2, 0.25) is 0 Å². The van der Waals surface area contributed by atoms with Gasteiger partial charge in [-0.25, -0.2) is 4.79 Å². The number of aromatic amines is 2. The highest BCUT2D eigenvalue weighted by Gasteiger charge is 2.51. The van der Waals surface area contributed by atoms with Crippen LogP contribution in [0.15, 0.2) is 60.9 Å². The molecule has 4 fully saturated rings. The molecule has 2 aromatic carbocycles. The van der Waals surface area contributed by atoms with Crippen molar-refractivity contribution in [3.8, 4) is 0 Å². The van der Waals surface area contributed by atoms with Crippen LogP contribution in [0.25, 0.3) is 21.8 Å². The van der Waals surface area contributed by atoms with Crippen LogP contribution in [0, 0.1) is 5.92 Å². The van der Waals surface area contributed by atoms with Crippen molar-refractivity contribution in [3.63, 3.8) is 0 Å². The summed E-state index contributed by atoms with van der Waals surface area (Å²) in [4.78, 5) is 177. The normalized spacial score (nSPS) is 28.0. The second-order valence-electron chi connectivity index (χ2n) is 22.9. The fourth-order valence-electron chi connectivity index (χ4n) is 11.9. The van der Waals surface area contributed by atoms with Gasteiger partial charge < -0.3 is 88.1 Å². The van der Waals surface area contributed by atoms with Gasteiger partial charge in [0.25, 0.3) is 0 Å². The van der Waals surface area contributed by atoms with Gasteiger partial charge in [0.1, 0.15) is 66.5 Å². The number of carboxylic acids is 1. The van der Waals surface area contributed by atoms with E-state index in [2.05, 4.69) is 52.5 Å². The van der Waals surface area contributed by atoms with Crippen LogP contribution in [0.3, 0.4) is 0 Å². The monoisotopic (exact) mass is 1210 g/mol. The summed E-state index contributed by atoms with van der Waals surface area (Å²) in [7, 11) is 0. The third-order valence-electron chi connectivity index (χ3n) is 16.8. The van der Waals surface area contributed by atoms with Crippen molar-refractivity contribution >= 4 is 92.8 Å². The average Bonchev–Trinajstić information content (AvgIpc) is 1.87. The number of carbonyl (C=O) groups excluding carboxylic acids is 11. The van der Waals surface area contributed by atoms with Crippen LogP contribution in [-0.2, 0) is 68.7 Å². The second-order valence-corrected chi connectivity index (χ2v) is 22.9. The molecule has 4 aliphatic rings. The Morgan fingerprint density at radius 1 is 0.759 bits per heavy atom. The standard InChI is InChI=1S/C58H75N13O16/c1-26-19-39-56(83)71-41(26)16-17-43(71)58(86)87-30(5)48(69-51(78)40(25-72)64-44(74)21-35(59)57(84)85)55(82)68-47(29(4)73)54(81)63-28(3)49(76)62-24-45(75)70-18-10-15-42(70)52(79)65-38(20-31-22-60-36-13-8-6-11-32(31)36)50(77)67-46(53(80)66-39)27(2)34-23-61-37-14-9-7-12-33(34)37/h6-9,11-14,22-23,26-30,35,38-43,46-48,60-61,72-73H,10,15-21,24-25,59H2,1-5H3,(H,62,76)(H,63,81)(H,64,74)(H,65,79)(H,66,80)(H,67,77)(H,68,82)(H,69,78)(H,84,85). The number of carbonyl (C=O) groups is 12. The lowest BCUT2D eigenvalue weighted by molar-refractivity contribution is -0.164. The molecule has 0 saturated carbocycles. The van der Waals surface area contributed by atoms with Gasteiger partial charge in [-0.1, -0.05) is 50.2 Å². The number of nitrogens with one attached hydrogen (secondary N) is 10. The molecule has 15 atom stereocenters. The molecule has 0 radical (unpaired) electrons. The Balaban J connectivity index is 1.14. The Hall–Kier alpha value is -8.96. The van der Waals surface area contributed by atoms with Crippen molar-refractivity contribution in [2.75, 3.05) is 19.7 Å². The summed E-state index contributed by atoms with van der Waals surface area (Å²) in [5.41, 5.74) is 8.22. The Bertz CT molecular complexity index is 3310. The van der Waals surface area contributed by atoms with Crippen LogP contribution < -0.4 is 48.3 Å². The second kappa shape index (κ2) is 27.6. The zero-order valence-corrected chi connectivity index (χ0v) is 48.6. The smallest absolute Gasteiger partial charge is 0.329 e. The van der Waals surface area contributed by atoms with E-state index in [1.54, 1.807) is 19.3 Å². The largest absolute Gasteiger partial charge is 0.480 e. The Morgan fingerprint density at radius 2 is 1.41 bits per heavy atom. The maximum atomic E-state index is 15.2. The maximum absolute atomic E-state index is 15.2. The number of ether oxygens (including phenoxy) is 1. The van der Waals surface area contributed by atoms with Gasteiger partial charge in [-0.2, -0.15) is 0 Å². The number of hydrogen-bond acceptors (Lipinski definition) is 16. The average molecular weight is 1210 g/mol. The zero-order valence-electron chi connectivity index (χ0n) is 48.6. The predicted octanol–water partition coefficient (Wildman–Crippen LogP) is -2.96. The van der Waals surface area contributed by atoms with Crippen LogP contribution in [0.1, 0.15) is 90.2 Å². The van der Waals surface area contributed by atoms with Gasteiger partial charge in [-0.15, -0.1) is 0 Å². The number of aliphatic hydroxyl groups excluding tert-OH is 2. The minimum atomic E-state index is -2.02. The molecule has 4 aliphatic heterocycles. The van der Waals surface area contributed by atoms with Crippen LogP contribution in [-0.4, -0.2) is 204 Å². The molecule has 15 unspecified atom stereocenters. The van der Waals surface area contributed by atoms with Gasteiger partial charge in [0.15, 0.2) is 0 Å². The lowest BCUT2D eigenvalue weighted by Gasteiger charge is -2.42. The number of nitrogens with zero attached hydrogens (tertiary/aromatic N) is 2. The molecule has 6 heterocycles. The van der Waals surface area contributed by atoms with E-state index >= 15 is 9.59 Å². The lowest BCUT2D eigenvalue weighted by Crippen LogP contribution is -2.64. The first-order valence-electron chi connectivity index (χ1n) is 29.0. The number of H-pyrrole nitrogens is 2. The van der Waals surface area contributed by atoms with Gasteiger partial charge in [0, 0.05) is 59.1 Å². The van der Waals surface area contributed by atoms with Crippen LogP contribution >= 0.6 is 0 Å². The van der Waals surface area contributed by atoms with Crippen molar-refractivity contribution in [2.45, 2.75) is 164 Å². The number of aliphatic hydroxyl groups is 2. The quantitative estimate of drug-likeness (QED) is 0.0630. The molecule has 468 valence electrons. The predicted molar refractivity (Wildman–Crippen MR) is 308 cm³/mol. The van der Waals surface area contributed by atoms with Crippen molar-refractivity contribution in [3.05, 3.63) is 72.1 Å². The summed E-state index contributed by atoms with van der Waals surface area (Å²) in [6.07, 6.45) is 0.00346. The number of para-hydroxylation sites is 2. The molecule has 15 N–H and O–H groups in total. The van der Waals surface area contributed by atoms with Crippen molar-refractivity contribution in [1.82, 2.24) is 62.3 Å². The number of aromatic nitrogens is 2. The number of nitrogens with two attached hydrogens (primary N) is 1. The molecule has 0 spiro atoms. The maximum Gasteiger partial charge on any atom is 0.329 e. The number of cyclic esters (lactones) is 1. The highest BCUT2D eigenvalue weighted by molar-refractivity contribution is 6.00. The number of amides is 10. The van der Waals surface area contributed by atoms with Gasteiger partial charge in [-0.05, 0) is 82.1 Å². The van der Waals surface area contributed by atoms with E-state index in [0.717, 1.165) is 28.7 Å². The molecular weight excluding hydrogens is 1130 g/mol.